The zero-order valence-corrected chi connectivity index (χ0v) is 10.8. The third-order valence-corrected chi connectivity index (χ3v) is 2.86. The Kier molecular flexibility index (Phi) is 5.31. The van der Waals surface area contributed by atoms with Crippen LogP contribution in [0.15, 0.2) is 0 Å². The second kappa shape index (κ2) is 6.74. The highest BCUT2D eigenvalue weighted by atomic mass is 16.6. The first-order chi connectivity index (χ1) is 8.65. The maximum absolute atomic E-state index is 11.1. The number of nitrogens with zero attached hydrogens (tertiary/aromatic N) is 4. The van der Waals surface area contributed by atoms with Gasteiger partial charge in [-0.25, -0.2) is 0 Å². The Morgan fingerprint density at radius 2 is 2.11 bits per heavy atom. The molecule has 1 aromatic rings. The largest absolute Gasteiger partial charge is 0.313 e. The highest BCUT2D eigenvalue weighted by Gasteiger charge is 2.24. The Balaban J connectivity index is 2.91. The van der Waals surface area contributed by atoms with Gasteiger partial charge in [-0.2, -0.15) is 10.4 Å². The summed E-state index contributed by atoms with van der Waals surface area (Å²) in [5.74, 6) is 0. The van der Waals surface area contributed by atoms with E-state index in [9.17, 15) is 10.1 Å². The van der Waals surface area contributed by atoms with Crippen molar-refractivity contribution in [3.05, 3.63) is 21.5 Å². The summed E-state index contributed by atoms with van der Waals surface area (Å²) in [6.07, 6.45) is 3.30. The lowest BCUT2D eigenvalue weighted by Crippen LogP contribution is -2.05. The van der Waals surface area contributed by atoms with Gasteiger partial charge in [0, 0.05) is 13.0 Å². The number of aromatic nitrogens is 2. The summed E-state index contributed by atoms with van der Waals surface area (Å²) in [7, 11) is 0. The van der Waals surface area contributed by atoms with Crippen molar-refractivity contribution in [3.63, 3.8) is 0 Å². The van der Waals surface area contributed by atoms with Crippen molar-refractivity contribution in [2.75, 3.05) is 0 Å². The van der Waals surface area contributed by atoms with Gasteiger partial charge in [-0.15, -0.1) is 0 Å². The fraction of sp³-hybridized carbons (Fsp3) is 0.667. The molecule has 98 valence electrons. The summed E-state index contributed by atoms with van der Waals surface area (Å²) < 4.78 is 1.73. The molecule has 0 unspecified atom stereocenters. The van der Waals surface area contributed by atoms with E-state index >= 15 is 0 Å². The van der Waals surface area contributed by atoms with Crippen LogP contribution in [0.1, 0.15) is 44.5 Å². The van der Waals surface area contributed by atoms with Gasteiger partial charge in [0.05, 0.1) is 11.0 Å². The lowest BCUT2D eigenvalue weighted by molar-refractivity contribution is -0.386. The Bertz CT molecular complexity index is 459. The summed E-state index contributed by atoms with van der Waals surface area (Å²) >= 11 is 0. The molecule has 0 aromatic carbocycles. The fourth-order valence-corrected chi connectivity index (χ4v) is 1.99. The van der Waals surface area contributed by atoms with Crippen LogP contribution in [-0.4, -0.2) is 14.7 Å². The van der Waals surface area contributed by atoms with E-state index in [-0.39, 0.29) is 10.6 Å². The molecule has 0 aliphatic rings. The van der Waals surface area contributed by atoms with E-state index in [0.717, 1.165) is 12.8 Å². The summed E-state index contributed by atoms with van der Waals surface area (Å²) in [4.78, 5) is 10.7. The molecule has 0 bridgehead atoms. The third kappa shape index (κ3) is 3.06. The predicted octanol–water partition coefficient (Wildman–Crippen LogP) is 2.61. The molecule has 1 aromatic heterocycles. The third-order valence-electron chi connectivity index (χ3n) is 2.86. The van der Waals surface area contributed by atoms with Crippen molar-refractivity contribution in [2.24, 2.45) is 0 Å². The van der Waals surface area contributed by atoms with E-state index in [1.807, 2.05) is 13.8 Å². The van der Waals surface area contributed by atoms with Crippen LogP contribution >= 0.6 is 0 Å². The Morgan fingerprint density at radius 1 is 1.39 bits per heavy atom. The zero-order chi connectivity index (χ0) is 13.5. The van der Waals surface area contributed by atoms with Gasteiger partial charge in [-0.05, 0) is 25.7 Å². The first kappa shape index (κ1) is 14.2. The smallest absolute Gasteiger partial charge is 0.262 e. The predicted molar refractivity (Wildman–Crippen MR) is 67.1 cm³/mol. The molecule has 0 fully saturated rings. The second-order valence-electron chi connectivity index (χ2n) is 4.04. The first-order valence-corrected chi connectivity index (χ1v) is 6.25. The Morgan fingerprint density at radius 3 is 2.61 bits per heavy atom. The molecule has 1 rings (SSSR count). The van der Waals surface area contributed by atoms with Gasteiger partial charge in [0.25, 0.3) is 0 Å². The van der Waals surface area contributed by atoms with E-state index in [2.05, 4.69) is 11.2 Å². The van der Waals surface area contributed by atoms with Crippen LogP contribution in [0.5, 0.6) is 0 Å². The molecule has 18 heavy (non-hydrogen) atoms. The Hall–Kier alpha value is -1.90. The molecule has 0 N–H and O–H groups in total. The molecule has 0 aliphatic heterocycles. The van der Waals surface area contributed by atoms with Crippen molar-refractivity contribution in [3.8, 4) is 6.07 Å². The van der Waals surface area contributed by atoms with Crippen LogP contribution in [0.2, 0.25) is 0 Å². The average Bonchev–Trinajstić information content (AvgIpc) is 2.72. The van der Waals surface area contributed by atoms with Crippen LogP contribution in [0.25, 0.3) is 0 Å². The van der Waals surface area contributed by atoms with Crippen molar-refractivity contribution < 1.29 is 4.92 Å². The van der Waals surface area contributed by atoms with Gasteiger partial charge >= 0.3 is 5.69 Å². The van der Waals surface area contributed by atoms with Crippen LogP contribution in [0, 0.1) is 21.4 Å². The molecule has 6 heteroatoms. The van der Waals surface area contributed by atoms with Gasteiger partial charge in [-0.1, -0.05) is 13.8 Å². The lowest BCUT2D eigenvalue weighted by Gasteiger charge is -2.03. The maximum atomic E-state index is 11.1. The van der Waals surface area contributed by atoms with Crippen LogP contribution < -0.4 is 0 Å². The maximum Gasteiger partial charge on any atom is 0.313 e. The highest BCUT2D eigenvalue weighted by molar-refractivity contribution is 5.41. The summed E-state index contributed by atoms with van der Waals surface area (Å²) in [6.45, 7) is 4.41. The minimum atomic E-state index is -0.337. The second-order valence-corrected chi connectivity index (χ2v) is 4.04. The molecule has 0 radical (unpaired) electrons. The number of hydrogen-bond donors (Lipinski definition) is 0. The van der Waals surface area contributed by atoms with E-state index in [1.165, 1.54) is 0 Å². The number of rotatable bonds is 7. The topological polar surface area (TPSA) is 84.8 Å². The molecule has 0 amide bonds. The van der Waals surface area contributed by atoms with Crippen molar-refractivity contribution in [1.29, 1.82) is 5.26 Å². The number of hydrogen-bond acceptors (Lipinski definition) is 4. The monoisotopic (exact) mass is 250 g/mol. The molecule has 0 aliphatic carbocycles. The lowest BCUT2D eigenvalue weighted by atomic mass is 10.2. The number of unbranched alkanes of at least 4 members (excludes halogenated alkanes) is 2. The molecule has 0 atom stereocenters. The van der Waals surface area contributed by atoms with Crippen molar-refractivity contribution >= 4 is 5.69 Å². The highest BCUT2D eigenvalue weighted by Crippen LogP contribution is 2.25. The number of nitro groups is 1. The molecular weight excluding hydrogens is 232 g/mol. The van der Waals surface area contributed by atoms with Crippen molar-refractivity contribution in [2.45, 2.75) is 52.5 Å². The quantitative estimate of drug-likeness (QED) is 0.423. The van der Waals surface area contributed by atoms with E-state index in [4.69, 9.17) is 5.26 Å². The van der Waals surface area contributed by atoms with Crippen LogP contribution in [-0.2, 0) is 19.4 Å². The van der Waals surface area contributed by atoms with Crippen LogP contribution in [0.3, 0.4) is 0 Å². The molecule has 0 saturated heterocycles. The minimum absolute atomic E-state index is 0.167. The normalized spacial score (nSPS) is 10.3. The number of nitriles is 1. The van der Waals surface area contributed by atoms with Gasteiger partial charge in [-0.3, -0.25) is 14.8 Å². The average molecular weight is 250 g/mol. The van der Waals surface area contributed by atoms with Crippen LogP contribution in [0.4, 0.5) is 5.69 Å². The van der Waals surface area contributed by atoms with E-state index < -0.39 is 0 Å². The van der Waals surface area contributed by atoms with E-state index in [1.54, 1.807) is 4.68 Å². The fourth-order valence-electron chi connectivity index (χ4n) is 1.99. The number of aryl methyl sites for hydroxylation is 2. The van der Waals surface area contributed by atoms with Crippen molar-refractivity contribution in [1.82, 2.24) is 9.78 Å². The summed E-state index contributed by atoms with van der Waals surface area (Å²) in [5, 5.41) is 23.8. The molecule has 0 spiro atoms. The van der Waals surface area contributed by atoms with E-state index in [0.29, 0.717) is 37.2 Å². The van der Waals surface area contributed by atoms with Gasteiger partial charge in [0.15, 0.2) is 0 Å². The summed E-state index contributed by atoms with van der Waals surface area (Å²) in [6, 6.07) is 2.09. The molecule has 1 heterocycles. The SMILES string of the molecule is CCc1nn(CCCCC#N)c(CC)c1[N+](=O)[O-]. The zero-order valence-electron chi connectivity index (χ0n) is 10.8. The minimum Gasteiger partial charge on any atom is -0.262 e. The van der Waals surface area contributed by atoms with Gasteiger partial charge < -0.3 is 0 Å². The molecule has 0 saturated carbocycles. The van der Waals surface area contributed by atoms with Gasteiger partial charge in [0.2, 0.25) is 0 Å². The molecule has 6 nitrogen and oxygen atoms in total. The molecular formula is C12H18N4O2. The summed E-state index contributed by atoms with van der Waals surface area (Å²) in [5.41, 5.74) is 1.41. The Labute approximate surface area is 106 Å². The standard InChI is InChI=1S/C12H18N4O2/c1-3-10-12(16(17)18)11(4-2)15(14-10)9-7-5-6-8-13/h3-7,9H2,1-2H3. The first-order valence-electron chi connectivity index (χ1n) is 6.25. The van der Waals surface area contributed by atoms with Gasteiger partial charge in [0.1, 0.15) is 11.4 Å².